The van der Waals surface area contributed by atoms with Gasteiger partial charge in [0.2, 0.25) is 5.91 Å². The lowest BCUT2D eigenvalue weighted by atomic mass is 10.1. The van der Waals surface area contributed by atoms with E-state index < -0.39 is 12.0 Å². The predicted molar refractivity (Wildman–Crippen MR) is 128 cm³/mol. The number of primary amides is 1. The maximum absolute atomic E-state index is 12.0. The van der Waals surface area contributed by atoms with Crippen LogP contribution < -0.4 is 16.0 Å². The van der Waals surface area contributed by atoms with Crippen molar-refractivity contribution < 1.29 is 19.8 Å². The SMILES string of the molecule is NC(=O)c1cc(-c2ccnc(NCCc3ccc(O)cc3)c2)nc(N2CCN(C(=O)O)CC2)c1. The molecule has 1 aliphatic rings. The molecular formula is C24H26N6O4. The highest BCUT2D eigenvalue weighted by Crippen LogP contribution is 2.25. The van der Waals surface area contributed by atoms with E-state index >= 15 is 0 Å². The Labute approximate surface area is 196 Å². The molecule has 0 saturated carbocycles. The Morgan fingerprint density at radius 3 is 2.44 bits per heavy atom. The summed E-state index contributed by atoms with van der Waals surface area (Å²) >= 11 is 0. The Morgan fingerprint density at radius 1 is 1.03 bits per heavy atom. The number of nitrogens with two attached hydrogens (primary N) is 1. The van der Waals surface area contributed by atoms with Crippen molar-refractivity contribution in [3.63, 3.8) is 0 Å². The number of piperazine rings is 1. The zero-order valence-electron chi connectivity index (χ0n) is 18.5. The van der Waals surface area contributed by atoms with E-state index in [4.69, 9.17) is 10.7 Å². The number of nitrogens with zero attached hydrogens (tertiary/aromatic N) is 4. The number of phenols is 1. The number of rotatable bonds is 7. The van der Waals surface area contributed by atoms with Gasteiger partial charge in [-0.1, -0.05) is 12.1 Å². The zero-order valence-corrected chi connectivity index (χ0v) is 18.5. The van der Waals surface area contributed by atoms with Gasteiger partial charge in [-0.3, -0.25) is 4.79 Å². The molecule has 0 aliphatic carbocycles. The molecule has 34 heavy (non-hydrogen) atoms. The first-order chi connectivity index (χ1) is 16.4. The van der Waals surface area contributed by atoms with Crippen LogP contribution in [0.1, 0.15) is 15.9 Å². The van der Waals surface area contributed by atoms with E-state index in [-0.39, 0.29) is 5.75 Å². The number of hydrogen-bond donors (Lipinski definition) is 4. The number of carbonyl (C=O) groups is 2. The molecule has 3 aromatic rings. The van der Waals surface area contributed by atoms with Crippen molar-refractivity contribution in [3.8, 4) is 17.0 Å². The lowest BCUT2D eigenvalue weighted by molar-refractivity contribution is 0.1000. The van der Waals surface area contributed by atoms with Crippen LogP contribution in [0.15, 0.2) is 54.7 Å². The smallest absolute Gasteiger partial charge is 0.407 e. The highest BCUT2D eigenvalue weighted by Gasteiger charge is 2.22. The Kier molecular flexibility index (Phi) is 6.77. The largest absolute Gasteiger partial charge is 0.508 e. The number of pyridine rings is 2. The van der Waals surface area contributed by atoms with Crippen molar-refractivity contribution in [2.24, 2.45) is 5.73 Å². The third-order valence-corrected chi connectivity index (χ3v) is 5.68. The number of anilines is 2. The van der Waals surface area contributed by atoms with Crippen LogP contribution in [0.2, 0.25) is 0 Å². The molecule has 0 bridgehead atoms. The summed E-state index contributed by atoms with van der Waals surface area (Å²) in [6.07, 6.45) is 1.48. The molecule has 0 unspecified atom stereocenters. The summed E-state index contributed by atoms with van der Waals surface area (Å²) in [5.74, 6) is 0.921. The van der Waals surface area contributed by atoms with Crippen molar-refractivity contribution in [2.75, 3.05) is 42.9 Å². The Bertz CT molecular complexity index is 1180. The monoisotopic (exact) mass is 462 g/mol. The van der Waals surface area contributed by atoms with Crippen LogP contribution >= 0.6 is 0 Å². The first-order valence-corrected chi connectivity index (χ1v) is 10.9. The summed E-state index contributed by atoms with van der Waals surface area (Å²) < 4.78 is 0. The second-order valence-corrected chi connectivity index (χ2v) is 7.99. The lowest BCUT2D eigenvalue weighted by Crippen LogP contribution is -2.48. The Balaban J connectivity index is 1.51. The second kappa shape index (κ2) is 10.1. The van der Waals surface area contributed by atoms with E-state index in [2.05, 4.69) is 10.3 Å². The van der Waals surface area contributed by atoms with Gasteiger partial charge in [0.1, 0.15) is 17.4 Å². The topological polar surface area (TPSA) is 145 Å². The first-order valence-electron chi connectivity index (χ1n) is 10.9. The molecule has 0 spiro atoms. The minimum Gasteiger partial charge on any atom is -0.508 e. The molecule has 4 rings (SSSR count). The number of amides is 2. The average Bonchev–Trinajstić information content (AvgIpc) is 2.85. The summed E-state index contributed by atoms with van der Waals surface area (Å²) in [7, 11) is 0. The normalized spacial score (nSPS) is 13.5. The highest BCUT2D eigenvalue weighted by atomic mass is 16.4. The average molecular weight is 463 g/mol. The summed E-state index contributed by atoms with van der Waals surface area (Å²) in [6.45, 7) is 2.31. The maximum atomic E-state index is 12.0. The molecule has 3 heterocycles. The van der Waals surface area contributed by atoms with Crippen molar-refractivity contribution in [2.45, 2.75) is 6.42 Å². The molecular weight excluding hydrogens is 436 g/mol. The van der Waals surface area contributed by atoms with E-state index in [1.807, 2.05) is 29.2 Å². The molecule has 2 amide bonds. The van der Waals surface area contributed by atoms with Gasteiger partial charge in [-0.15, -0.1) is 0 Å². The van der Waals surface area contributed by atoms with Gasteiger partial charge in [0, 0.05) is 50.0 Å². The van der Waals surface area contributed by atoms with Gasteiger partial charge in [0.25, 0.3) is 0 Å². The van der Waals surface area contributed by atoms with Gasteiger partial charge < -0.3 is 31.1 Å². The molecule has 0 radical (unpaired) electrons. The van der Waals surface area contributed by atoms with Gasteiger partial charge in [-0.05, 0) is 48.4 Å². The van der Waals surface area contributed by atoms with Crippen molar-refractivity contribution >= 4 is 23.6 Å². The predicted octanol–water partition coefficient (Wildman–Crippen LogP) is 2.40. The third-order valence-electron chi connectivity index (χ3n) is 5.68. The van der Waals surface area contributed by atoms with Crippen molar-refractivity contribution in [1.29, 1.82) is 0 Å². The second-order valence-electron chi connectivity index (χ2n) is 7.99. The van der Waals surface area contributed by atoms with Crippen LogP contribution in [-0.4, -0.2) is 69.8 Å². The van der Waals surface area contributed by atoms with Crippen LogP contribution in [0.3, 0.4) is 0 Å². The molecule has 1 saturated heterocycles. The molecule has 10 heteroatoms. The fourth-order valence-corrected chi connectivity index (χ4v) is 3.78. The van der Waals surface area contributed by atoms with Gasteiger partial charge in [-0.2, -0.15) is 0 Å². The van der Waals surface area contributed by atoms with Crippen LogP contribution in [0.25, 0.3) is 11.3 Å². The standard InChI is InChI=1S/C24H26N6O4/c25-23(32)18-13-20(28-22(15-18)29-9-11-30(12-10-29)24(33)34)17-6-8-27-21(14-17)26-7-5-16-1-3-19(31)4-2-16/h1-4,6,8,13-15,31H,5,7,9-12H2,(H2,25,32)(H,26,27)(H,33,34). The number of nitrogens with one attached hydrogen (secondary N) is 1. The van der Waals surface area contributed by atoms with Crippen LogP contribution in [0.5, 0.6) is 5.75 Å². The Morgan fingerprint density at radius 2 is 1.76 bits per heavy atom. The number of carbonyl (C=O) groups excluding carboxylic acids is 1. The summed E-state index contributed by atoms with van der Waals surface area (Å²) in [5, 5.41) is 21.9. The molecule has 1 aliphatic heterocycles. The fraction of sp³-hybridized carbons (Fsp3) is 0.250. The Hall–Kier alpha value is -4.34. The van der Waals surface area contributed by atoms with Crippen molar-refractivity contribution in [1.82, 2.24) is 14.9 Å². The number of aromatic hydroxyl groups is 1. The zero-order chi connectivity index (χ0) is 24.1. The van der Waals surface area contributed by atoms with Gasteiger partial charge in [0.05, 0.1) is 5.69 Å². The van der Waals surface area contributed by atoms with E-state index in [1.54, 1.807) is 30.5 Å². The molecule has 0 atom stereocenters. The van der Waals surface area contributed by atoms with Crippen LogP contribution in [0.4, 0.5) is 16.4 Å². The molecule has 10 nitrogen and oxygen atoms in total. The van der Waals surface area contributed by atoms with E-state index in [0.717, 1.165) is 17.5 Å². The van der Waals surface area contributed by atoms with Crippen molar-refractivity contribution in [3.05, 3.63) is 65.9 Å². The fourth-order valence-electron chi connectivity index (χ4n) is 3.78. The van der Waals surface area contributed by atoms with E-state index in [1.165, 1.54) is 4.90 Å². The molecule has 1 fully saturated rings. The van der Waals surface area contributed by atoms with Gasteiger partial charge in [-0.25, -0.2) is 14.8 Å². The third kappa shape index (κ3) is 5.52. The molecule has 2 aromatic heterocycles. The quantitative estimate of drug-likeness (QED) is 0.419. The summed E-state index contributed by atoms with van der Waals surface area (Å²) in [6, 6.07) is 14.0. The molecule has 176 valence electrons. The minimum atomic E-state index is -0.943. The van der Waals surface area contributed by atoms with Crippen LogP contribution in [-0.2, 0) is 6.42 Å². The number of phenolic OH excluding ortho intramolecular Hbond substituents is 1. The van der Waals surface area contributed by atoms with Gasteiger partial charge >= 0.3 is 6.09 Å². The number of carboxylic acid groups (broad SMARTS) is 1. The van der Waals surface area contributed by atoms with E-state index in [9.17, 15) is 19.8 Å². The molecule has 1 aromatic carbocycles. The summed E-state index contributed by atoms with van der Waals surface area (Å²) in [4.78, 5) is 35.6. The minimum absolute atomic E-state index is 0.236. The first kappa shape index (κ1) is 22.8. The molecule has 5 N–H and O–H groups in total. The number of hydrogen-bond acceptors (Lipinski definition) is 7. The highest BCUT2D eigenvalue weighted by molar-refractivity contribution is 5.94. The maximum Gasteiger partial charge on any atom is 0.407 e. The van der Waals surface area contributed by atoms with Crippen LogP contribution in [0, 0.1) is 0 Å². The lowest BCUT2D eigenvalue weighted by Gasteiger charge is -2.34. The number of aromatic nitrogens is 2. The van der Waals surface area contributed by atoms with Gasteiger partial charge in [0.15, 0.2) is 0 Å². The van der Waals surface area contributed by atoms with E-state index in [0.29, 0.717) is 55.6 Å². The number of benzene rings is 1. The summed E-state index contributed by atoms with van der Waals surface area (Å²) in [5.41, 5.74) is 8.34.